The quantitative estimate of drug-likeness (QED) is 0.321. The molecule has 8 nitrogen and oxygen atoms in total. The van der Waals surface area contributed by atoms with Crippen molar-refractivity contribution >= 4 is 5.82 Å². The summed E-state index contributed by atoms with van der Waals surface area (Å²) in [6, 6.07) is 8.83. The molecule has 3 aromatic heterocycles. The van der Waals surface area contributed by atoms with Gasteiger partial charge < -0.3 is 15.6 Å². The Kier molecular flexibility index (Phi) is 5.40. The molecule has 0 saturated heterocycles. The molecule has 0 aliphatic rings. The van der Waals surface area contributed by atoms with Crippen LogP contribution < -0.4 is 16.2 Å². The van der Waals surface area contributed by atoms with E-state index in [4.69, 9.17) is 0 Å². The van der Waals surface area contributed by atoms with Crippen LogP contribution in [0.2, 0.25) is 0 Å². The van der Waals surface area contributed by atoms with Gasteiger partial charge in [-0.15, -0.1) is 0 Å². The van der Waals surface area contributed by atoms with Crippen molar-refractivity contribution in [1.29, 1.82) is 0 Å². The Morgan fingerprint density at radius 1 is 1.00 bits per heavy atom. The third-order valence-corrected chi connectivity index (χ3v) is 4.59. The summed E-state index contributed by atoms with van der Waals surface area (Å²) in [5.74, 6) is -1.11. The van der Waals surface area contributed by atoms with Gasteiger partial charge in [0.1, 0.15) is 5.69 Å². The van der Waals surface area contributed by atoms with Crippen LogP contribution in [0.3, 0.4) is 0 Å². The number of pyridine rings is 1. The van der Waals surface area contributed by atoms with Crippen LogP contribution >= 0.6 is 0 Å². The van der Waals surface area contributed by atoms with Gasteiger partial charge in [0.2, 0.25) is 5.56 Å². The lowest BCUT2D eigenvalue weighted by molar-refractivity contribution is 0.506. The summed E-state index contributed by atoms with van der Waals surface area (Å²) in [6.45, 7) is 0.829. The Morgan fingerprint density at radius 3 is 2.60 bits per heavy atom. The van der Waals surface area contributed by atoms with Crippen molar-refractivity contribution in [3.05, 3.63) is 75.8 Å². The van der Waals surface area contributed by atoms with Crippen molar-refractivity contribution in [2.75, 3.05) is 12.4 Å². The number of hydrogen-bond donors (Lipinski definition) is 5. The lowest BCUT2D eigenvalue weighted by atomic mass is 10.1. The van der Waals surface area contributed by atoms with Crippen LogP contribution in [0.15, 0.2) is 47.4 Å². The normalized spacial score (nSPS) is 11.0. The van der Waals surface area contributed by atoms with E-state index in [0.29, 0.717) is 35.9 Å². The van der Waals surface area contributed by atoms with Crippen LogP contribution in [0.4, 0.5) is 14.6 Å². The SMILES string of the molecule is CNc1n[nH]c(-c2cc(CNCc3ccc(F)c(F)c3)[nH]n2)c1-c1ccc(=O)[nH]c1. The van der Waals surface area contributed by atoms with Gasteiger partial charge in [-0.3, -0.25) is 15.0 Å². The second kappa shape index (κ2) is 8.29. The van der Waals surface area contributed by atoms with Gasteiger partial charge in [-0.25, -0.2) is 8.78 Å². The van der Waals surface area contributed by atoms with Crippen molar-refractivity contribution in [2.45, 2.75) is 13.1 Å². The molecule has 0 unspecified atom stereocenters. The van der Waals surface area contributed by atoms with Gasteiger partial charge in [0.15, 0.2) is 17.5 Å². The van der Waals surface area contributed by atoms with Crippen molar-refractivity contribution in [3.8, 4) is 22.5 Å². The predicted octanol–water partition coefficient (Wildman–Crippen LogP) is 2.76. The zero-order chi connectivity index (χ0) is 21.1. The molecule has 0 spiro atoms. The smallest absolute Gasteiger partial charge is 0.247 e. The third-order valence-electron chi connectivity index (χ3n) is 4.59. The molecule has 30 heavy (non-hydrogen) atoms. The topological polar surface area (TPSA) is 114 Å². The van der Waals surface area contributed by atoms with Gasteiger partial charge in [0, 0.05) is 43.7 Å². The first kappa shape index (κ1) is 19.5. The maximum absolute atomic E-state index is 13.3. The van der Waals surface area contributed by atoms with Crippen molar-refractivity contribution in [1.82, 2.24) is 30.7 Å². The lowest BCUT2D eigenvalue weighted by Crippen LogP contribution is -2.13. The predicted molar refractivity (Wildman–Crippen MR) is 109 cm³/mol. The molecule has 1 aromatic carbocycles. The highest BCUT2D eigenvalue weighted by molar-refractivity contribution is 5.87. The second-order valence-corrected chi connectivity index (χ2v) is 6.64. The first-order chi connectivity index (χ1) is 14.5. The largest absolute Gasteiger partial charge is 0.371 e. The molecule has 0 amide bonds. The number of aromatic amines is 3. The summed E-state index contributed by atoms with van der Waals surface area (Å²) in [6.07, 6.45) is 1.62. The number of benzene rings is 1. The highest BCUT2D eigenvalue weighted by Gasteiger charge is 2.18. The van der Waals surface area contributed by atoms with Crippen molar-refractivity contribution in [3.63, 3.8) is 0 Å². The highest BCUT2D eigenvalue weighted by Crippen LogP contribution is 2.34. The molecule has 0 aliphatic carbocycles. The van der Waals surface area contributed by atoms with Crippen LogP contribution in [-0.2, 0) is 13.1 Å². The summed E-state index contributed by atoms with van der Waals surface area (Å²) in [7, 11) is 1.76. The number of nitrogens with zero attached hydrogens (tertiary/aromatic N) is 2. The molecular formula is C20H19F2N7O. The third kappa shape index (κ3) is 3.98. The molecule has 3 heterocycles. The maximum atomic E-state index is 13.3. The zero-order valence-corrected chi connectivity index (χ0v) is 16.0. The molecule has 4 aromatic rings. The van der Waals surface area contributed by atoms with Gasteiger partial charge in [0.05, 0.1) is 11.3 Å². The monoisotopic (exact) mass is 411 g/mol. The lowest BCUT2D eigenvalue weighted by Gasteiger charge is -2.04. The van der Waals surface area contributed by atoms with Gasteiger partial charge >= 0.3 is 0 Å². The fourth-order valence-electron chi connectivity index (χ4n) is 3.13. The van der Waals surface area contributed by atoms with E-state index in [1.54, 1.807) is 19.3 Å². The minimum atomic E-state index is -0.868. The first-order valence-corrected chi connectivity index (χ1v) is 9.19. The number of hydrogen-bond acceptors (Lipinski definition) is 5. The summed E-state index contributed by atoms with van der Waals surface area (Å²) < 4.78 is 26.3. The van der Waals surface area contributed by atoms with E-state index in [1.165, 1.54) is 18.2 Å². The van der Waals surface area contributed by atoms with Crippen LogP contribution in [0, 0.1) is 11.6 Å². The molecular weight excluding hydrogens is 392 g/mol. The number of aromatic nitrogens is 5. The summed E-state index contributed by atoms with van der Waals surface area (Å²) in [5, 5.41) is 20.7. The molecule has 0 fully saturated rings. The second-order valence-electron chi connectivity index (χ2n) is 6.64. The van der Waals surface area contributed by atoms with E-state index in [0.717, 1.165) is 22.9 Å². The number of rotatable bonds is 7. The van der Waals surface area contributed by atoms with Crippen LogP contribution in [0.5, 0.6) is 0 Å². The molecule has 154 valence electrons. The molecule has 0 aliphatic heterocycles. The Hall–Kier alpha value is -3.79. The van der Waals surface area contributed by atoms with E-state index in [9.17, 15) is 13.6 Å². The van der Waals surface area contributed by atoms with E-state index < -0.39 is 11.6 Å². The Bertz CT molecular complexity index is 1210. The molecule has 0 bridgehead atoms. The van der Waals surface area contributed by atoms with Crippen molar-refractivity contribution in [2.24, 2.45) is 0 Å². The van der Waals surface area contributed by atoms with Gasteiger partial charge in [-0.2, -0.15) is 10.2 Å². The average molecular weight is 411 g/mol. The van der Waals surface area contributed by atoms with Crippen LogP contribution in [0.1, 0.15) is 11.3 Å². The number of nitrogens with one attached hydrogen (secondary N) is 5. The summed E-state index contributed by atoms with van der Waals surface area (Å²) in [5.41, 5.74) is 4.15. The minimum Gasteiger partial charge on any atom is -0.371 e. The molecule has 0 atom stereocenters. The van der Waals surface area contributed by atoms with Crippen LogP contribution in [-0.4, -0.2) is 32.4 Å². The number of halogens is 2. The first-order valence-electron chi connectivity index (χ1n) is 9.19. The van der Waals surface area contributed by atoms with E-state index in [1.807, 2.05) is 6.07 Å². The molecule has 4 rings (SSSR count). The average Bonchev–Trinajstić information content (AvgIpc) is 3.38. The maximum Gasteiger partial charge on any atom is 0.247 e. The molecule has 0 saturated carbocycles. The number of anilines is 1. The van der Waals surface area contributed by atoms with E-state index in [2.05, 4.69) is 36.0 Å². The Balaban J connectivity index is 1.51. The van der Waals surface area contributed by atoms with Crippen molar-refractivity contribution < 1.29 is 8.78 Å². The zero-order valence-electron chi connectivity index (χ0n) is 16.0. The Morgan fingerprint density at radius 2 is 1.87 bits per heavy atom. The molecule has 0 radical (unpaired) electrons. The fraction of sp³-hybridized carbons (Fsp3) is 0.150. The fourth-order valence-corrected chi connectivity index (χ4v) is 3.13. The van der Waals surface area contributed by atoms with Gasteiger partial charge in [-0.05, 0) is 29.8 Å². The molecule has 10 heteroatoms. The molecule has 5 N–H and O–H groups in total. The van der Waals surface area contributed by atoms with Gasteiger partial charge in [-0.1, -0.05) is 6.07 Å². The van der Waals surface area contributed by atoms with Gasteiger partial charge in [0.25, 0.3) is 0 Å². The summed E-state index contributed by atoms with van der Waals surface area (Å²) >= 11 is 0. The standard InChI is InChI=1S/C20H19F2N7O/c1-23-20-18(12-3-5-17(30)25-9-12)19(28-29-20)16-7-13(26-27-16)10-24-8-11-2-4-14(21)15(22)6-11/h2-7,9,24H,8,10H2,1H3,(H,25,30)(H,26,27)(H2,23,28,29). The minimum absolute atomic E-state index is 0.191. The number of H-pyrrole nitrogens is 3. The van der Waals surface area contributed by atoms with E-state index >= 15 is 0 Å². The van der Waals surface area contributed by atoms with Crippen LogP contribution in [0.25, 0.3) is 22.5 Å². The van der Waals surface area contributed by atoms with E-state index in [-0.39, 0.29) is 5.56 Å². The highest BCUT2D eigenvalue weighted by atomic mass is 19.2. The summed E-state index contributed by atoms with van der Waals surface area (Å²) in [4.78, 5) is 14.0. The Labute approximate surface area is 169 Å².